The first-order chi connectivity index (χ1) is 22.8. The van der Waals surface area contributed by atoms with Crippen LogP contribution in [0.3, 0.4) is 0 Å². The van der Waals surface area contributed by atoms with Crippen LogP contribution in [0.5, 0.6) is 0 Å². The third kappa shape index (κ3) is 4.39. The standard InChI is InChI=1S/C42H26N4/c1-3-13-29(14-4-1)40-44-41(30-15-5-2-6-16-30)46-42(45-40)32-22-24-37(43-26-32)36-25-31-20-19-27-11-7-9-17-33(27)38(31)35-23-21-28-12-8-10-18-34(28)39(35)36/h1-26H. The highest BCUT2D eigenvalue weighted by atomic mass is 15.0. The van der Waals surface area contributed by atoms with E-state index in [4.69, 9.17) is 19.9 Å². The molecule has 0 aliphatic heterocycles. The van der Waals surface area contributed by atoms with E-state index in [1.807, 2.05) is 66.9 Å². The van der Waals surface area contributed by atoms with Gasteiger partial charge in [0, 0.05) is 28.5 Å². The van der Waals surface area contributed by atoms with Gasteiger partial charge in [0.2, 0.25) is 0 Å². The molecule has 0 fully saturated rings. The summed E-state index contributed by atoms with van der Waals surface area (Å²) >= 11 is 0. The first-order valence-corrected chi connectivity index (χ1v) is 15.4. The third-order valence-electron chi connectivity index (χ3n) is 8.73. The lowest BCUT2D eigenvalue weighted by Gasteiger charge is -2.15. The monoisotopic (exact) mass is 586 g/mol. The fourth-order valence-electron chi connectivity index (χ4n) is 6.53. The zero-order valence-corrected chi connectivity index (χ0v) is 24.8. The Morgan fingerprint density at radius 2 is 0.870 bits per heavy atom. The van der Waals surface area contributed by atoms with E-state index in [1.165, 1.54) is 43.1 Å². The van der Waals surface area contributed by atoms with Gasteiger partial charge in [0.15, 0.2) is 17.5 Å². The van der Waals surface area contributed by atoms with Crippen molar-refractivity contribution in [2.45, 2.75) is 0 Å². The Hall–Kier alpha value is -6.26. The van der Waals surface area contributed by atoms with Gasteiger partial charge in [-0.3, -0.25) is 4.98 Å². The molecule has 0 saturated carbocycles. The largest absolute Gasteiger partial charge is 0.255 e. The maximum atomic E-state index is 5.06. The summed E-state index contributed by atoms with van der Waals surface area (Å²) in [5.74, 6) is 1.85. The van der Waals surface area contributed by atoms with Crippen LogP contribution in [-0.2, 0) is 0 Å². The van der Waals surface area contributed by atoms with E-state index >= 15 is 0 Å². The normalized spacial score (nSPS) is 11.5. The van der Waals surface area contributed by atoms with E-state index in [-0.39, 0.29) is 0 Å². The maximum absolute atomic E-state index is 5.06. The van der Waals surface area contributed by atoms with Crippen molar-refractivity contribution in [1.82, 2.24) is 19.9 Å². The van der Waals surface area contributed by atoms with Gasteiger partial charge in [-0.05, 0) is 61.3 Å². The van der Waals surface area contributed by atoms with Crippen LogP contribution in [0.2, 0.25) is 0 Å². The molecule has 0 N–H and O–H groups in total. The molecule has 0 atom stereocenters. The van der Waals surface area contributed by atoms with Gasteiger partial charge in [0.25, 0.3) is 0 Å². The van der Waals surface area contributed by atoms with Crippen molar-refractivity contribution in [2.24, 2.45) is 0 Å². The van der Waals surface area contributed by atoms with E-state index in [0.717, 1.165) is 27.9 Å². The van der Waals surface area contributed by atoms with Gasteiger partial charge < -0.3 is 0 Å². The van der Waals surface area contributed by atoms with Crippen molar-refractivity contribution < 1.29 is 0 Å². The molecule has 0 unspecified atom stereocenters. The van der Waals surface area contributed by atoms with Crippen LogP contribution in [0.1, 0.15) is 0 Å². The van der Waals surface area contributed by atoms with E-state index in [2.05, 4.69) is 91.0 Å². The zero-order chi connectivity index (χ0) is 30.5. The van der Waals surface area contributed by atoms with Crippen LogP contribution < -0.4 is 0 Å². The summed E-state index contributed by atoms with van der Waals surface area (Å²) in [5.41, 5.74) is 4.72. The van der Waals surface area contributed by atoms with Crippen LogP contribution in [0.15, 0.2) is 158 Å². The molecule has 46 heavy (non-hydrogen) atoms. The number of nitrogens with zero attached hydrogens (tertiary/aromatic N) is 4. The smallest absolute Gasteiger partial charge is 0.165 e. The molecule has 0 bridgehead atoms. The molecule has 4 nitrogen and oxygen atoms in total. The number of hydrogen-bond donors (Lipinski definition) is 0. The maximum Gasteiger partial charge on any atom is 0.165 e. The molecule has 0 amide bonds. The highest BCUT2D eigenvalue weighted by Crippen LogP contribution is 2.41. The van der Waals surface area contributed by atoms with Gasteiger partial charge in [-0.1, -0.05) is 133 Å². The van der Waals surface area contributed by atoms with E-state index in [0.29, 0.717) is 17.5 Å². The minimum absolute atomic E-state index is 0.590. The van der Waals surface area contributed by atoms with E-state index < -0.39 is 0 Å². The zero-order valence-electron chi connectivity index (χ0n) is 24.8. The summed E-state index contributed by atoms with van der Waals surface area (Å²) in [5, 5.41) is 9.82. The quantitative estimate of drug-likeness (QED) is 0.193. The Bertz CT molecular complexity index is 2500. The topological polar surface area (TPSA) is 51.6 Å². The lowest BCUT2D eigenvalue weighted by molar-refractivity contribution is 1.07. The van der Waals surface area contributed by atoms with E-state index in [1.54, 1.807) is 0 Å². The van der Waals surface area contributed by atoms with Crippen molar-refractivity contribution in [3.8, 4) is 45.4 Å². The van der Waals surface area contributed by atoms with Crippen LogP contribution in [0, 0.1) is 0 Å². The summed E-state index contributed by atoms with van der Waals surface area (Å²) < 4.78 is 0. The predicted molar refractivity (Wildman–Crippen MR) is 189 cm³/mol. The lowest BCUT2D eigenvalue weighted by atomic mass is 9.89. The molecule has 2 aromatic heterocycles. The van der Waals surface area contributed by atoms with Crippen molar-refractivity contribution in [1.29, 1.82) is 0 Å². The molecule has 7 aromatic carbocycles. The number of hydrogen-bond acceptors (Lipinski definition) is 4. The summed E-state index contributed by atoms with van der Waals surface area (Å²) in [6.07, 6.45) is 1.88. The number of benzene rings is 7. The highest BCUT2D eigenvalue weighted by Gasteiger charge is 2.16. The fourth-order valence-corrected chi connectivity index (χ4v) is 6.53. The molecule has 214 valence electrons. The minimum atomic E-state index is 0.590. The van der Waals surface area contributed by atoms with Crippen molar-refractivity contribution >= 4 is 43.1 Å². The number of pyridine rings is 1. The summed E-state index contributed by atoms with van der Waals surface area (Å²) in [6.45, 7) is 0. The minimum Gasteiger partial charge on any atom is -0.255 e. The van der Waals surface area contributed by atoms with Gasteiger partial charge in [-0.15, -0.1) is 0 Å². The first kappa shape index (κ1) is 26.2. The second kappa shape index (κ2) is 10.7. The van der Waals surface area contributed by atoms with Crippen LogP contribution in [-0.4, -0.2) is 19.9 Å². The Morgan fingerprint density at radius 1 is 0.348 bits per heavy atom. The first-order valence-electron chi connectivity index (χ1n) is 15.4. The van der Waals surface area contributed by atoms with Gasteiger partial charge in [-0.2, -0.15) is 0 Å². The van der Waals surface area contributed by atoms with Crippen LogP contribution in [0.4, 0.5) is 0 Å². The molecule has 9 aromatic rings. The SMILES string of the molecule is c1ccc(-c2nc(-c3ccccc3)nc(-c3ccc(-c4cc5ccc6ccccc6c5c5ccc6ccccc6c45)nc3)n2)cc1. The predicted octanol–water partition coefficient (Wildman–Crippen LogP) is 10.5. The molecule has 4 heteroatoms. The van der Waals surface area contributed by atoms with Crippen LogP contribution >= 0.6 is 0 Å². The number of fused-ring (bicyclic) bond motifs is 7. The third-order valence-corrected chi connectivity index (χ3v) is 8.73. The molecule has 0 saturated heterocycles. The average Bonchev–Trinajstić information content (AvgIpc) is 3.14. The second-order valence-electron chi connectivity index (χ2n) is 11.5. The molecule has 0 aliphatic rings. The highest BCUT2D eigenvalue weighted by molar-refractivity contribution is 6.28. The van der Waals surface area contributed by atoms with Crippen molar-refractivity contribution in [3.05, 3.63) is 158 Å². The average molecular weight is 587 g/mol. The van der Waals surface area contributed by atoms with E-state index in [9.17, 15) is 0 Å². The van der Waals surface area contributed by atoms with Gasteiger partial charge >= 0.3 is 0 Å². The molecule has 0 radical (unpaired) electrons. The molecule has 0 aliphatic carbocycles. The number of aromatic nitrogens is 4. The van der Waals surface area contributed by atoms with Crippen molar-refractivity contribution in [2.75, 3.05) is 0 Å². The summed E-state index contributed by atoms with van der Waals surface area (Å²) in [7, 11) is 0. The number of rotatable bonds is 4. The molecule has 0 spiro atoms. The van der Waals surface area contributed by atoms with Gasteiger partial charge in [0.1, 0.15) is 0 Å². The Labute approximate surface area is 265 Å². The van der Waals surface area contributed by atoms with Gasteiger partial charge in [-0.25, -0.2) is 15.0 Å². The lowest BCUT2D eigenvalue weighted by Crippen LogP contribution is -2.00. The molecule has 9 rings (SSSR count). The Balaban J connectivity index is 1.24. The molecular weight excluding hydrogens is 560 g/mol. The Kier molecular flexibility index (Phi) is 6.10. The Morgan fingerprint density at radius 3 is 1.48 bits per heavy atom. The molecule has 2 heterocycles. The second-order valence-corrected chi connectivity index (χ2v) is 11.5. The molecular formula is C42H26N4. The van der Waals surface area contributed by atoms with Gasteiger partial charge in [0.05, 0.1) is 5.69 Å². The summed E-state index contributed by atoms with van der Waals surface area (Å²) in [4.78, 5) is 19.7. The fraction of sp³-hybridized carbons (Fsp3) is 0. The van der Waals surface area contributed by atoms with Crippen molar-refractivity contribution in [3.63, 3.8) is 0 Å². The summed E-state index contributed by atoms with van der Waals surface area (Å²) in [6, 6.07) is 52.7. The van der Waals surface area contributed by atoms with Crippen LogP contribution in [0.25, 0.3) is 88.5 Å².